The third kappa shape index (κ3) is 4.56. The predicted molar refractivity (Wildman–Crippen MR) is 88.9 cm³/mol. The first kappa shape index (κ1) is 15.5. The van der Waals surface area contributed by atoms with Crippen molar-refractivity contribution in [1.29, 1.82) is 0 Å². The Morgan fingerprint density at radius 3 is 2.62 bits per heavy atom. The van der Waals surface area contributed by atoms with Crippen molar-refractivity contribution < 1.29 is 4.39 Å². The van der Waals surface area contributed by atoms with Crippen molar-refractivity contribution in [3.05, 3.63) is 63.9 Å². The van der Waals surface area contributed by atoms with Gasteiger partial charge in [0.2, 0.25) is 0 Å². The smallest absolute Gasteiger partial charge is 0.193 e. The van der Waals surface area contributed by atoms with Crippen LogP contribution < -0.4 is 11.1 Å². The molecule has 0 aliphatic heterocycles. The lowest BCUT2D eigenvalue weighted by atomic mass is 10.1. The van der Waals surface area contributed by atoms with Crippen LogP contribution >= 0.6 is 15.9 Å². The SMILES string of the molecule is CCc1ccc(NC(N)=NCc2cc(Br)ccc2F)cc1. The van der Waals surface area contributed by atoms with E-state index in [0.29, 0.717) is 5.56 Å². The molecule has 3 nitrogen and oxygen atoms in total. The summed E-state index contributed by atoms with van der Waals surface area (Å²) in [4.78, 5) is 4.16. The predicted octanol–water partition coefficient (Wildman–Crippen LogP) is 4.08. The number of guanidine groups is 1. The van der Waals surface area contributed by atoms with Gasteiger partial charge < -0.3 is 11.1 Å². The molecule has 0 atom stereocenters. The Balaban J connectivity index is 2.01. The van der Waals surface area contributed by atoms with E-state index in [2.05, 4.69) is 33.2 Å². The molecule has 2 aromatic rings. The van der Waals surface area contributed by atoms with Crippen LogP contribution in [0.1, 0.15) is 18.1 Å². The molecule has 21 heavy (non-hydrogen) atoms. The molecule has 0 bridgehead atoms. The molecule has 0 radical (unpaired) electrons. The van der Waals surface area contributed by atoms with Gasteiger partial charge in [0.15, 0.2) is 5.96 Å². The number of anilines is 1. The minimum atomic E-state index is -0.290. The van der Waals surface area contributed by atoms with Gasteiger partial charge in [-0.15, -0.1) is 0 Å². The van der Waals surface area contributed by atoms with Crippen LogP contribution in [0.25, 0.3) is 0 Å². The van der Waals surface area contributed by atoms with Crippen LogP contribution in [0.5, 0.6) is 0 Å². The van der Waals surface area contributed by atoms with E-state index in [-0.39, 0.29) is 18.3 Å². The number of aliphatic imine (C=N–C) groups is 1. The number of halogens is 2. The molecule has 0 saturated carbocycles. The molecule has 0 saturated heterocycles. The molecule has 0 aliphatic rings. The second-order valence-corrected chi connectivity index (χ2v) is 5.53. The summed E-state index contributed by atoms with van der Waals surface area (Å²) < 4.78 is 14.4. The van der Waals surface area contributed by atoms with Crippen LogP contribution in [0.4, 0.5) is 10.1 Å². The zero-order valence-electron chi connectivity index (χ0n) is 11.7. The minimum Gasteiger partial charge on any atom is -0.370 e. The van der Waals surface area contributed by atoms with Crippen LogP contribution in [-0.4, -0.2) is 5.96 Å². The average Bonchev–Trinajstić information content (AvgIpc) is 2.49. The lowest BCUT2D eigenvalue weighted by Gasteiger charge is -2.07. The van der Waals surface area contributed by atoms with Gasteiger partial charge >= 0.3 is 0 Å². The number of nitrogens with two attached hydrogens (primary N) is 1. The first-order valence-electron chi connectivity index (χ1n) is 6.68. The van der Waals surface area contributed by atoms with Crippen LogP contribution in [0.2, 0.25) is 0 Å². The number of benzene rings is 2. The van der Waals surface area contributed by atoms with Crippen molar-refractivity contribution >= 4 is 27.6 Å². The summed E-state index contributed by atoms with van der Waals surface area (Å²) in [5.74, 6) is -0.0272. The maximum atomic E-state index is 13.6. The Labute approximate surface area is 132 Å². The van der Waals surface area contributed by atoms with Crippen molar-refractivity contribution in [2.45, 2.75) is 19.9 Å². The van der Waals surface area contributed by atoms with Crippen LogP contribution in [0.15, 0.2) is 51.9 Å². The minimum absolute atomic E-state index is 0.192. The third-order valence-electron chi connectivity index (χ3n) is 3.06. The summed E-state index contributed by atoms with van der Waals surface area (Å²) >= 11 is 3.31. The molecule has 3 N–H and O–H groups in total. The third-order valence-corrected chi connectivity index (χ3v) is 3.56. The van der Waals surface area contributed by atoms with Crippen molar-refractivity contribution in [3.63, 3.8) is 0 Å². The highest BCUT2D eigenvalue weighted by Gasteiger charge is 2.02. The molecule has 0 aliphatic carbocycles. The van der Waals surface area contributed by atoms with E-state index in [0.717, 1.165) is 16.6 Å². The highest BCUT2D eigenvalue weighted by atomic mass is 79.9. The molecule has 2 aromatic carbocycles. The Kier molecular flexibility index (Phi) is 5.33. The second kappa shape index (κ2) is 7.22. The standard InChI is InChI=1S/C16H17BrFN3/c1-2-11-3-6-14(7-4-11)21-16(19)20-10-12-9-13(17)5-8-15(12)18/h3-9H,2,10H2,1H3,(H3,19,20,21). The Bertz CT molecular complexity index is 638. The fraction of sp³-hybridized carbons (Fsp3) is 0.188. The molecule has 0 amide bonds. The highest BCUT2D eigenvalue weighted by Crippen LogP contribution is 2.16. The van der Waals surface area contributed by atoms with Gasteiger partial charge in [-0.1, -0.05) is 35.0 Å². The van der Waals surface area contributed by atoms with E-state index in [4.69, 9.17) is 5.73 Å². The lowest BCUT2D eigenvalue weighted by molar-refractivity contribution is 0.610. The molecule has 5 heteroatoms. The van der Waals surface area contributed by atoms with Crippen molar-refractivity contribution in [2.75, 3.05) is 5.32 Å². The summed E-state index contributed by atoms with van der Waals surface area (Å²) in [6.45, 7) is 2.29. The summed E-state index contributed by atoms with van der Waals surface area (Å²) in [6, 6.07) is 12.7. The second-order valence-electron chi connectivity index (χ2n) is 4.61. The van der Waals surface area contributed by atoms with Gasteiger partial charge in [0.1, 0.15) is 5.82 Å². The molecule has 0 fully saturated rings. The normalized spacial score (nSPS) is 11.5. The van der Waals surface area contributed by atoms with Crippen LogP contribution in [-0.2, 0) is 13.0 Å². The van der Waals surface area contributed by atoms with Gasteiger partial charge in [0, 0.05) is 15.7 Å². The Morgan fingerprint density at radius 1 is 1.24 bits per heavy atom. The number of nitrogens with one attached hydrogen (secondary N) is 1. The zero-order chi connectivity index (χ0) is 15.2. The summed E-state index contributed by atoms with van der Waals surface area (Å²) in [5, 5.41) is 2.99. The Hall–Kier alpha value is -1.88. The summed E-state index contributed by atoms with van der Waals surface area (Å²) in [5.41, 5.74) is 8.43. The lowest BCUT2D eigenvalue weighted by Crippen LogP contribution is -2.22. The van der Waals surface area contributed by atoms with Crippen LogP contribution in [0.3, 0.4) is 0 Å². The molecular weight excluding hydrogens is 333 g/mol. The molecule has 0 aromatic heterocycles. The van der Waals surface area contributed by atoms with Crippen molar-refractivity contribution in [1.82, 2.24) is 0 Å². The number of hydrogen-bond donors (Lipinski definition) is 2. The number of nitrogens with zero attached hydrogens (tertiary/aromatic N) is 1. The maximum absolute atomic E-state index is 13.6. The zero-order valence-corrected chi connectivity index (χ0v) is 13.3. The number of hydrogen-bond acceptors (Lipinski definition) is 1. The van der Waals surface area contributed by atoms with Gasteiger partial charge in [-0.25, -0.2) is 9.38 Å². The van der Waals surface area contributed by atoms with Gasteiger partial charge in [-0.2, -0.15) is 0 Å². The van der Waals surface area contributed by atoms with E-state index >= 15 is 0 Å². The largest absolute Gasteiger partial charge is 0.370 e. The molecule has 0 spiro atoms. The van der Waals surface area contributed by atoms with Gasteiger partial charge in [-0.3, -0.25) is 0 Å². The van der Waals surface area contributed by atoms with Gasteiger partial charge in [0.25, 0.3) is 0 Å². The monoisotopic (exact) mass is 349 g/mol. The number of aryl methyl sites for hydroxylation is 1. The Morgan fingerprint density at radius 2 is 1.95 bits per heavy atom. The van der Waals surface area contributed by atoms with Crippen LogP contribution in [0, 0.1) is 5.82 Å². The molecule has 0 unspecified atom stereocenters. The fourth-order valence-electron chi connectivity index (χ4n) is 1.85. The molecular formula is C16H17BrFN3. The van der Waals surface area contributed by atoms with Crippen molar-refractivity contribution in [2.24, 2.45) is 10.7 Å². The van der Waals surface area contributed by atoms with E-state index in [1.54, 1.807) is 12.1 Å². The average molecular weight is 350 g/mol. The van der Waals surface area contributed by atoms with E-state index < -0.39 is 0 Å². The topological polar surface area (TPSA) is 50.4 Å². The van der Waals surface area contributed by atoms with Crippen molar-refractivity contribution in [3.8, 4) is 0 Å². The van der Waals surface area contributed by atoms with E-state index in [1.165, 1.54) is 11.6 Å². The first-order valence-corrected chi connectivity index (χ1v) is 7.47. The van der Waals surface area contributed by atoms with Gasteiger partial charge in [-0.05, 0) is 42.3 Å². The van der Waals surface area contributed by atoms with E-state index in [1.807, 2.05) is 24.3 Å². The highest BCUT2D eigenvalue weighted by molar-refractivity contribution is 9.10. The summed E-state index contributed by atoms with van der Waals surface area (Å²) in [7, 11) is 0. The molecule has 2 rings (SSSR count). The molecule has 0 heterocycles. The summed E-state index contributed by atoms with van der Waals surface area (Å²) in [6.07, 6.45) is 0.992. The number of rotatable bonds is 4. The van der Waals surface area contributed by atoms with E-state index in [9.17, 15) is 4.39 Å². The quantitative estimate of drug-likeness (QED) is 0.645. The fourth-order valence-corrected chi connectivity index (χ4v) is 2.25. The maximum Gasteiger partial charge on any atom is 0.193 e. The molecule has 110 valence electrons. The van der Waals surface area contributed by atoms with Gasteiger partial charge in [0.05, 0.1) is 6.54 Å². The first-order chi connectivity index (χ1) is 10.1.